The lowest BCUT2D eigenvalue weighted by Gasteiger charge is -2.29. The molecule has 1 amide bonds. The monoisotopic (exact) mass is 450 g/mol. The molecule has 0 atom stereocenters. The molecule has 0 saturated carbocycles. The predicted molar refractivity (Wildman–Crippen MR) is 116 cm³/mol. The van der Waals surface area contributed by atoms with Crippen LogP contribution in [0.5, 0.6) is 11.5 Å². The Morgan fingerprint density at radius 3 is 2.56 bits per heavy atom. The average molecular weight is 450 g/mol. The van der Waals surface area contributed by atoms with Gasteiger partial charge in [-0.3, -0.25) is 4.79 Å². The Hall–Kier alpha value is -3.20. The Bertz CT molecular complexity index is 970. The summed E-state index contributed by atoms with van der Waals surface area (Å²) in [5, 5.41) is 2.33. The summed E-state index contributed by atoms with van der Waals surface area (Å²) in [6, 6.07) is 8.99. The summed E-state index contributed by atoms with van der Waals surface area (Å²) in [5.41, 5.74) is -0.116. The van der Waals surface area contributed by atoms with Crippen LogP contribution in [0.15, 0.2) is 42.5 Å². The predicted octanol–water partition coefficient (Wildman–Crippen LogP) is 4.60. The normalized spacial score (nSPS) is 14.5. The summed E-state index contributed by atoms with van der Waals surface area (Å²) < 4.78 is 56.9. The van der Waals surface area contributed by atoms with Gasteiger partial charge in [0, 0.05) is 24.9 Å². The van der Waals surface area contributed by atoms with Gasteiger partial charge < -0.3 is 24.4 Å². The lowest BCUT2D eigenvalue weighted by Crippen LogP contribution is -2.36. The first kappa shape index (κ1) is 23.5. The molecule has 0 bridgehead atoms. The van der Waals surface area contributed by atoms with Crippen molar-refractivity contribution >= 4 is 23.4 Å². The van der Waals surface area contributed by atoms with Crippen LogP contribution in [0, 0.1) is 0 Å². The minimum Gasteiger partial charge on any atom is -0.493 e. The number of alkyl halides is 3. The number of carbonyl (C=O) groups is 1. The smallest absolute Gasteiger partial charge is 0.418 e. The molecule has 0 spiro atoms. The number of benzene rings is 2. The van der Waals surface area contributed by atoms with E-state index in [9.17, 15) is 18.0 Å². The highest BCUT2D eigenvalue weighted by molar-refractivity contribution is 6.02. The third-order valence-electron chi connectivity index (χ3n) is 4.86. The summed E-state index contributed by atoms with van der Waals surface area (Å²) in [6.07, 6.45) is -1.95. The average Bonchev–Trinajstić information content (AvgIpc) is 2.78. The lowest BCUT2D eigenvalue weighted by atomic mass is 10.1. The van der Waals surface area contributed by atoms with Gasteiger partial charge in [0.1, 0.15) is 0 Å². The highest BCUT2D eigenvalue weighted by atomic mass is 19.4. The van der Waals surface area contributed by atoms with Crippen LogP contribution in [-0.4, -0.2) is 45.9 Å². The molecule has 1 aliphatic rings. The van der Waals surface area contributed by atoms with E-state index in [1.165, 1.54) is 25.3 Å². The fraction of sp³-hybridized carbons (Fsp3) is 0.348. The van der Waals surface area contributed by atoms with Crippen molar-refractivity contribution in [3.63, 3.8) is 0 Å². The van der Waals surface area contributed by atoms with Crippen molar-refractivity contribution in [3.05, 3.63) is 53.6 Å². The molecule has 1 fully saturated rings. The quantitative estimate of drug-likeness (QED) is 0.625. The number of rotatable bonds is 7. The Balaban J connectivity index is 1.76. The van der Waals surface area contributed by atoms with Crippen LogP contribution in [0.25, 0.3) is 6.08 Å². The molecule has 0 aromatic heterocycles. The van der Waals surface area contributed by atoms with Crippen LogP contribution in [0.3, 0.4) is 0 Å². The van der Waals surface area contributed by atoms with E-state index < -0.39 is 17.6 Å². The topological polar surface area (TPSA) is 60.0 Å². The van der Waals surface area contributed by atoms with Crippen LogP contribution in [-0.2, 0) is 15.7 Å². The van der Waals surface area contributed by atoms with E-state index in [1.807, 2.05) is 11.8 Å². The van der Waals surface area contributed by atoms with Gasteiger partial charge in [0.25, 0.3) is 0 Å². The van der Waals surface area contributed by atoms with Gasteiger partial charge in [-0.2, -0.15) is 13.2 Å². The lowest BCUT2D eigenvalue weighted by molar-refractivity contribution is -0.136. The molecule has 0 aliphatic carbocycles. The summed E-state index contributed by atoms with van der Waals surface area (Å²) >= 11 is 0. The number of methoxy groups -OCH3 is 1. The van der Waals surface area contributed by atoms with Crippen LogP contribution in [0.1, 0.15) is 18.1 Å². The minimum absolute atomic E-state index is 0.298. The third-order valence-corrected chi connectivity index (χ3v) is 4.86. The Morgan fingerprint density at radius 2 is 1.91 bits per heavy atom. The molecular formula is C23H25F3N2O4. The number of anilines is 2. The van der Waals surface area contributed by atoms with Crippen molar-refractivity contribution < 1.29 is 32.2 Å². The molecule has 1 heterocycles. The molecule has 0 radical (unpaired) electrons. The summed E-state index contributed by atoms with van der Waals surface area (Å²) in [6.45, 7) is 4.26. The number of amides is 1. The van der Waals surface area contributed by atoms with Crippen molar-refractivity contribution in [2.24, 2.45) is 0 Å². The molecule has 2 aromatic carbocycles. The van der Waals surface area contributed by atoms with E-state index in [4.69, 9.17) is 14.2 Å². The Morgan fingerprint density at radius 1 is 1.16 bits per heavy atom. The second-order valence-electron chi connectivity index (χ2n) is 6.99. The first-order valence-corrected chi connectivity index (χ1v) is 10.2. The van der Waals surface area contributed by atoms with Gasteiger partial charge >= 0.3 is 6.18 Å². The molecule has 1 saturated heterocycles. The zero-order valence-corrected chi connectivity index (χ0v) is 17.9. The van der Waals surface area contributed by atoms with Crippen LogP contribution < -0.4 is 19.7 Å². The number of hydrogen-bond acceptors (Lipinski definition) is 5. The number of nitrogens with one attached hydrogen (secondary N) is 1. The summed E-state index contributed by atoms with van der Waals surface area (Å²) in [7, 11) is 1.50. The zero-order chi connectivity index (χ0) is 23.1. The number of carbonyl (C=O) groups excluding carboxylic acids is 1. The number of hydrogen-bond donors (Lipinski definition) is 1. The van der Waals surface area contributed by atoms with Crippen molar-refractivity contribution in [2.75, 3.05) is 50.2 Å². The maximum Gasteiger partial charge on any atom is 0.418 e. The number of nitrogens with zero attached hydrogens (tertiary/aromatic N) is 1. The van der Waals surface area contributed by atoms with Gasteiger partial charge in [-0.05, 0) is 48.9 Å². The van der Waals surface area contributed by atoms with Gasteiger partial charge in [-0.15, -0.1) is 0 Å². The standard InChI is InChI=1S/C23H25F3N2O4/c1-3-32-20-8-4-16(14-21(20)30-2)5-9-22(29)27-19-7-6-17(15-18(19)23(24,25)26)28-10-12-31-13-11-28/h4-9,14-15H,3,10-13H2,1-2H3,(H,27,29)/b9-5+. The fourth-order valence-electron chi connectivity index (χ4n) is 3.30. The van der Waals surface area contributed by atoms with Crippen molar-refractivity contribution in [2.45, 2.75) is 13.1 Å². The van der Waals surface area contributed by atoms with E-state index >= 15 is 0 Å². The second-order valence-corrected chi connectivity index (χ2v) is 6.99. The van der Waals surface area contributed by atoms with E-state index in [-0.39, 0.29) is 5.69 Å². The maximum atomic E-state index is 13.6. The fourth-order valence-corrected chi connectivity index (χ4v) is 3.30. The van der Waals surface area contributed by atoms with E-state index in [0.717, 1.165) is 6.07 Å². The van der Waals surface area contributed by atoms with Crippen LogP contribution >= 0.6 is 0 Å². The van der Waals surface area contributed by atoms with E-state index in [0.29, 0.717) is 55.7 Å². The zero-order valence-electron chi connectivity index (χ0n) is 17.9. The summed E-state index contributed by atoms with van der Waals surface area (Å²) in [4.78, 5) is 14.2. The first-order valence-electron chi connectivity index (χ1n) is 10.2. The van der Waals surface area contributed by atoms with Gasteiger partial charge in [0.05, 0.1) is 38.2 Å². The highest BCUT2D eigenvalue weighted by Gasteiger charge is 2.34. The highest BCUT2D eigenvalue weighted by Crippen LogP contribution is 2.37. The molecule has 32 heavy (non-hydrogen) atoms. The van der Waals surface area contributed by atoms with Gasteiger partial charge in [-0.1, -0.05) is 6.07 Å². The van der Waals surface area contributed by atoms with Crippen molar-refractivity contribution in [1.82, 2.24) is 0 Å². The number of halogens is 3. The molecule has 9 heteroatoms. The van der Waals surface area contributed by atoms with Gasteiger partial charge in [0.15, 0.2) is 11.5 Å². The molecule has 1 N–H and O–H groups in total. The molecule has 1 aliphatic heterocycles. The van der Waals surface area contributed by atoms with Crippen LogP contribution in [0.4, 0.5) is 24.5 Å². The molecule has 0 unspecified atom stereocenters. The minimum atomic E-state index is -4.61. The molecule has 6 nitrogen and oxygen atoms in total. The molecule has 172 valence electrons. The molecule has 3 rings (SSSR count). The van der Waals surface area contributed by atoms with E-state index in [2.05, 4.69) is 5.32 Å². The number of ether oxygens (including phenoxy) is 3. The van der Waals surface area contributed by atoms with E-state index in [1.54, 1.807) is 24.3 Å². The van der Waals surface area contributed by atoms with Gasteiger partial charge in [0.2, 0.25) is 5.91 Å². The van der Waals surface area contributed by atoms with Crippen molar-refractivity contribution in [3.8, 4) is 11.5 Å². The summed E-state index contributed by atoms with van der Waals surface area (Å²) in [5.74, 6) is 0.377. The SMILES string of the molecule is CCOc1ccc(/C=C/C(=O)Nc2ccc(N3CCOCC3)cc2C(F)(F)F)cc1OC. The molecule has 2 aromatic rings. The van der Waals surface area contributed by atoms with Crippen molar-refractivity contribution in [1.29, 1.82) is 0 Å². The third kappa shape index (κ3) is 5.94. The Kier molecular flexibility index (Phi) is 7.63. The molecular weight excluding hydrogens is 425 g/mol. The maximum absolute atomic E-state index is 13.6. The van der Waals surface area contributed by atoms with Crippen LogP contribution in [0.2, 0.25) is 0 Å². The first-order chi connectivity index (χ1) is 15.3. The number of morpholine rings is 1. The Labute approximate surface area is 184 Å². The largest absolute Gasteiger partial charge is 0.493 e. The second kappa shape index (κ2) is 10.4. The van der Waals surface area contributed by atoms with Gasteiger partial charge in [-0.25, -0.2) is 0 Å².